The Balaban J connectivity index is 1.85. The number of rotatable bonds is 4. The first-order valence-electron chi connectivity index (χ1n) is 7.13. The Morgan fingerprint density at radius 3 is 2.15 bits per heavy atom. The van der Waals surface area contributed by atoms with E-state index in [1.807, 2.05) is 0 Å². The minimum absolute atomic E-state index is 0.305. The summed E-state index contributed by atoms with van der Waals surface area (Å²) in [6.45, 7) is 0. The van der Waals surface area contributed by atoms with Gasteiger partial charge in [-0.3, -0.25) is 20.4 Å². The maximum Gasteiger partial charge on any atom is 0.573 e. The fourth-order valence-corrected chi connectivity index (χ4v) is 1.91. The number of hydrogen-bond donors (Lipinski definition) is 2. The molecule has 0 aliphatic heterocycles. The summed E-state index contributed by atoms with van der Waals surface area (Å²) in [5.41, 5.74) is 5.16. The van der Waals surface area contributed by atoms with Crippen LogP contribution in [0.2, 0.25) is 5.02 Å². The van der Waals surface area contributed by atoms with Crippen LogP contribution < -0.4 is 15.6 Å². The van der Waals surface area contributed by atoms with Crippen LogP contribution in [0, 0.1) is 0 Å². The molecule has 2 aromatic rings. The van der Waals surface area contributed by atoms with Crippen molar-refractivity contribution in [1.82, 2.24) is 10.9 Å². The molecular formula is C17H12ClF3N2O3. The minimum atomic E-state index is -4.76. The third kappa shape index (κ3) is 6.48. The SMILES string of the molecule is O=C(C=Cc1ccc(OC(F)(F)F)cc1)NNC(=O)c1ccc(Cl)cc1. The summed E-state index contributed by atoms with van der Waals surface area (Å²) < 4.78 is 39.9. The molecular weight excluding hydrogens is 373 g/mol. The molecule has 0 bridgehead atoms. The molecule has 0 fully saturated rings. The van der Waals surface area contributed by atoms with E-state index in [2.05, 4.69) is 15.6 Å². The van der Waals surface area contributed by atoms with Gasteiger partial charge in [-0.05, 0) is 48.0 Å². The predicted octanol–water partition coefficient (Wildman–Crippen LogP) is 3.71. The molecule has 9 heteroatoms. The van der Waals surface area contributed by atoms with Crippen molar-refractivity contribution in [3.05, 3.63) is 70.8 Å². The lowest BCUT2D eigenvalue weighted by atomic mass is 10.2. The van der Waals surface area contributed by atoms with Crippen LogP contribution >= 0.6 is 11.6 Å². The van der Waals surface area contributed by atoms with Crippen molar-refractivity contribution in [3.8, 4) is 5.75 Å². The van der Waals surface area contributed by atoms with Gasteiger partial charge in [0.05, 0.1) is 0 Å². The van der Waals surface area contributed by atoms with Gasteiger partial charge in [-0.25, -0.2) is 0 Å². The van der Waals surface area contributed by atoms with Gasteiger partial charge < -0.3 is 4.74 Å². The van der Waals surface area contributed by atoms with Crippen LogP contribution in [-0.2, 0) is 4.79 Å². The highest BCUT2D eigenvalue weighted by atomic mass is 35.5. The van der Waals surface area contributed by atoms with Crippen LogP contribution in [0.3, 0.4) is 0 Å². The highest BCUT2D eigenvalue weighted by molar-refractivity contribution is 6.30. The molecule has 0 aliphatic carbocycles. The van der Waals surface area contributed by atoms with Crippen LogP contribution in [0.4, 0.5) is 13.2 Å². The lowest BCUT2D eigenvalue weighted by molar-refractivity contribution is -0.274. The van der Waals surface area contributed by atoms with Gasteiger partial charge in [0.2, 0.25) is 0 Å². The van der Waals surface area contributed by atoms with Crippen molar-refractivity contribution in [3.63, 3.8) is 0 Å². The van der Waals surface area contributed by atoms with Gasteiger partial charge in [0.25, 0.3) is 11.8 Å². The van der Waals surface area contributed by atoms with Gasteiger partial charge in [0.1, 0.15) is 5.75 Å². The molecule has 0 aliphatic rings. The fraction of sp³-hybridized carbons (Fsp3) is 0.0588. The molecule has 0 heterocycles. The zero-order chi connectivity index (χ0) is 19.2. The molecule has 0 spiro atoms. The molecule has 2 N–H and O–H groups in total. The van der Waals surface area contributed by atoms with Gasteiger partial charge in [-0.1, -0.05) is 23.7 Å². The van der Waals surface area contributed by atoms with Gasteiger partial charge in [0.15, 0.2) is 0 Å². The highest BCUT2D eigenvalue weighted by Gasteiger charge is 2.30. The summed E-state index contributed by atoms with van der Waals surface area (Å²) in [5.74, 6) is -1.52. The molecule has 0 radical (unpaired) electrons. The first-order chi connectivity index (χ1) is 12.2. The average molecular weight is 385 g/mol. The van der Waals surface area contributed by atoms with Crippen molar-refractivity contribution >= 4 is 29.5 Å². The quantitative estimate of drug-likeness (QED) is 0.623. The van der Waals surface area contributed by atoms with Crippen LogP contribution in [0.15, 0.2) is 54.6 Å². The number of halogens is 4. The number of ether oxygens (including phenoxy) is 1. The number of amides is 2. The third-order valence-electron chi connectivity index (χ3n) is 2.95. The van der Waals surface area contributed by atoms with E-state index in [0.29, 0.717) is 16.1 Å². The summed E-state index contributed by atoms with van der Waals surface area (Å²) in [5, 5.41) is 0.472. The zero-order valence-corrected chi connectivity index (χ0v) is 13.8. The summed E-state index contributed by atoms with van der Waals surface area (Å²) in [6, 6.07) is 11.0. The van der Waals surface area contributed by atoms with E-state index < -0.39 is 18.2 Å². The number of carbonyl (C=O) groups is 2. The second-order valence-electron chi connectivity index (χ2n) is 4.90. The van der Waals surface area contributed by atoms with Crippen molar-refractivity contribution in [1.29, 1.82) is 0 Å². The van der Waals surface area contributed by atoms with Crippen molar-refractivity contribution in [2.75, 3.05) is 0 Å². The number of hydrogen-bond acceptors (Lipinski definition) is 3. The molecule has 0 saturated heterocycles. The lowest BCUT2D eigenvalue weighted by Crippen LogP contribution is -2.40. The Morgan fingerprint density at radius 1 is 0.962 bits per heavy atom. The largest absolute Gasteiger partial charge is 0.573 e. The van der Waals surface area contributed by atoms with Gasteiger partial charge in [-0.15, -0.1) is 13.2 Å². The second-order valence-corrected chi connectivity index (χ2v) is 5.34. The standard InChI is InChI=1S/C17H12ClF3N2O3/c18-13-6-4-12(5-7-13)16(25)23-22-15(24)10-3-11-1-8-14(9-2-11)26-17(19,20)21/h1-10H,(H,22,24)(H,23,25). The molecule has 136 valence electrons. The molecule has 2 amide bonds. The maximum absolute atomic E-state index is 12.1. The summed E-state index contributed by atoms with van der Waals surface area (Å²) >= 11 is 5.71. The number of benzene rings is 2. The van der Waals surface area contributed by atoms with Gasteiger partial charge >= 0.3 is 6.36 Å². The zero-order valence-electron chi connectivity index (χ0n) is 13.0. The number of carbonyl (C=O) groups excluding carboxylic acids is 2. The summed E-state index contributed by atoms with van der Waals surface area (Å²) in [7, 11) is 0. The Bertz CT molecular complexity index is 803. The van der Waals surface area contributed by atoms with E-state index in [1.165, 1.54) is 42.5 Å². The van der Waals surface area contributed by atoms with Crippen molar-refractivity contribution in [2.45, 2.75) is 6.36 Å². The number of alkyl halides is 3. The van der Waals surface area contributed by atoms with E-state index >= 15 is 0 Å². The monoisotopic (exact) mass is 384 g/mol. The second kappa shape index (κ2) is 8.39. The molecule has 2 rings (SSSR count). The molecule has 5 nitrogen and oxygen atoms in total. The molecule has 2 aromatic carbocycles. The minimum Gasteiger partial charge on any atom is -0.406 e. The van der Waals surface area contributed by atoms with E-state index in [4.69, 9.17) is 11.6 Å². The molecule has 26 heavy (non-hydrogen) atoms. The van der Waals surface area contributed by atoms with Gasteiger partial charge in [0, 0.05) is 16.7 Å². The van der Waals surface area contributed by atoms with E-state index in [9.17, 15) is 22.8 Å². The Labute approximate surface area is 151 Å². The van der Waals surface area contributed by atoms with Crippen LogP contribution in [-0.4, -0.2) is 18.2 Å². The Morgan fingerprint density at radius 2 is 1.58 bits per heavy atom. The van der Waals surface area contributed by atoms with Crippen molar-refractivity contribution < 1.29 is 27.5 Å². The predicted molar refractivity (Wildman–Crippen MR) is 89.2 cm³/mol. The number of nitrogens with one attached hydrogen (secondary N) is 2. The van der Waals surface area contributed by atoms with Crippen LogP contribution in [0.1, 0.15) is 15.9 Å². The van der Waals surface area contributed by atoms with Crippen molar-refractivity contribution in [2.24, 2.45) is 0 Å². The van der Waals surface area contributed by atoms with E-state index in [-0.39, 0.29) is 5.75 Å². The fourth-order valence-electron chi connectivity index (χ4n) is 1.79. The first kappa shape index (κ1) is 19.3. The Kier molecular flexibility index (Phi) is 6.24. The molecule has 0 atom stereocenters. The van der Waals surface area contributed by atoms with Gasteiger partial charge in [-0.2, -0.15) is 0 Å². The maximum atomic E-state index is 12.1. The normalized spacial score (nSPS) is 11.2. The first-order valence-corrected chi connectivity index (χ1v) is 7.50. The molecule has 0 saturated carbocycles. The average Bonchev–Trinajstić information content (AvgIpc) is 2.58. The smallest absolute Gasteiger partial charge is 0.406 e. The topological polar surface area (TPSA) is 67.4 Å². The Hall–Kier alpha value is -3.00. The van der Waals surface area contributed by atoms with E-state index in [0.717, 1.165) is 18.2 Å². The molecule has 0 aromatic heterocycles. The third-order valence-corrected chi connectivity index (χ3v) is 3.20. The summed E-state index contributed by atoms with van der Waals surface area (Å²) in [6.07, 6.45) is -2.29. The van der Waals surface area contributed by atoms with Crippen LogP contribution in [0.25, 0.3) is 6.08 Å². The van der Waals surface area contributed by atoms with E-state index in [1.54, 1.807) is 0 Å². The lowest BCUT2D eigenvalue weighted by Gasteiger charge is -2.08. The highest BCUT2D eigenvalue weighted by Crippen LogP contribution is 2.22. The van der Waals surface area contributed by atoms with Crippen LogP contribution in [0.5, 0.6) is 5.75 Å². The molecule has 0 unspecified atom stereocenters. The number of hydrazine groups is 1. The summed E-state index contributed by atoms with van der Waals surface area (Å²) in [4.78, 5) is 23.4.